The van der Waals surface area contributed by atoms with Crippen LogP contribution >= 0.6 is 0 Å². The van der Waals surface area contributed by atoms with E-state index in [0.29, 0.717) is 40.8 Å². The number of hydrogen-bond donors (Lipinski definition) is 0. The second kappa shape index (κ2) is 34.7. The van der Waals surface area contributed by atoms with Crippen molar-refractivity contribution >= 4 is 196 Å². The van der Waals surface area contributed by atoms with E-state index in [2.05, 4.69) is 329 Å². The van der Waals surface area contributed by atoms with Gasteiger partial charge in [-0.25, -0.2) is 39.9 Å². The SMILES string of the molecule is c1ccc(-c2nc(-c3ccccc3)nc(-c3cccc(-n4c5ccc6ccc7c8ccccc8oc7c6c5c5c6ccccc6c6ccccc6c54)c3)n2)cc1.c1ccc(-c2nc(-c3ccccc3)nc(-c3ccccc3-n3c4ccccc4c4c5c(ccc6c7ccccc7oc65)ccc43)n2)cc1.c1ccc(-c2nc(-c3ccccc3-n3c4ccccc4c4c5c(ccc6c7ccccc7oc65)ccc43)nc3ccccc23)cc1. The van der Waals surface area contributed by atoms with Gasteiger partial charge in [-0.05, 0) is 142 Å². The van der Waals surface area contributed by atoms with Crippen molar-refractivity contribution in [2.75, 3.05) is 0 Å². The summed E-state index contributed by atoms with van der Waals surface area (Å²) in [6.45, 7) is 0. The molecule has 0 spiro atoms. The van der Waals surface area contributed by atoms with Crippen molar-refractivity contribution in [3.05, 3.63) is 491 Å². The zero-order valence-corrected chi connectivity index (χ0v) is 80.4. The summed E-state index contributed by atoms with van der Waals surface area (Å²) < 4.78 is 27.1. The molecule has 0 saturated heterocycles. The second-order valence-electron chi connectivity index (χ2n) is 38.1. The largest absolute Gasteiger partial charge is 0.455 e. The summed E-state index contributed by atoms with van der Waals surface area (Å²) in [4.78, 5) is 40.6. The Hall–Kier alpha value is -20.5. The third kappa shape index (κ3) is 13.7. The van der Waals surface area contributed by atoms with E-state index >= 15 is 0 Å². The molecule has 14 nitrogen and oxygen atoms in total. The fraction of sp³-hybridized carbons (Fsp3) is 0. The maximum Gasteiger partial charge on any atom is 0.166 e. The molecule has 32 rings (SSSR count). The summed E-state index contributed by atoms with van der Waals surface area (Å²) in [5.74, 6) is 4.46. The number of para-hydroxylation sites is 8. The highest BCUT2D eigenvalue weighted by Crippen LogP contribution is 2.52. The Balaban J connectivity index is 0.000000104. The predicted octanol–water partition coefficient (Wildman–Crippen LogP) is 35.5. The van der Waals surface area contributed by atoms with Crippen LogP contribution in [0.2, 0.25) is 0 Å². The van der Waals surface area contributed by atoms with E-state index < -0.39 is 0 Å². The van der Waals surface area contributed by atoms with Crippen molar-refractivity contribution in [2.24, 2.45) is 0 Å². The van der Waals surface area contributed by atoms with E-state index in [1.165, 1.54) is 43.1 Å². The average molecular weight is 1920 g/mol. The summed E-state index contributed by atoms with van der Waals surface area (Å²) in [6.07, 6.45) is 0. The molecule has 0 bridgehead atoms. The van der Waals surface area contributed by atoms with Gasteiger partial charge in [-0.3, -0.25) is 0 Å². The minimum absolute atomic E-state index is 0.615. The van der Waals surface area contributed by atoms with Crippen LogP contribution in [0.25, 0.3) is 304 Å². The van der Waals surface area contributed by atoms with Gasteiger partial charge in [0.25, 0.3) is 0 Å². The summed E-state index contributed by atoms with van der Waals surface area (Å²) >= 11 is 0. The van der Waals surface area contributed by atoms with Gasteiger partial charge in [0.1, 0.15) is 33.5 Å². The topological polar surface area (TPSA) is 157 Å². The Bertz CT molecular complexity index is 11000. The number of aromatic nitrogens is 11. The molecule has 0 saturated carbocycles. The Labute approximate surface area is 856 Å². The first-order valence-electron chi connectivity index (χ1n) is 50.4. The van der Waals surface area contributed by atoms with E-state index in [4.69, 9.17) is 53.1 Å². The fourth-order valence-corrected chi connectivity index (χ4v) is 23.0. The van der Waals surface area contributed by atoms with Gasteiger partial charge in [0.05, 0.1) is 55.7 Å². The maximum absolute atomic E-state index is 6.78. The first kappa shape index (κ1) is 85.1. The predicted molar refractivity (Wildman–Crippen MR) is 615 cm³/mol. The van der Waals surface area contributed by atoms with E-state index in [1.807, 2.05) is 176 Å². The molecule has 0 N–H and O–H groups in total. The van der Waals surface area contributed by atoms with Gasteiger partial charge < -0.3 is 27.0 Å². The van der Waals surface area contributed by atoms with Gasteiger partial charge in [-0.15, -0.1) is 0 Å². The van der Waals surface area contributed by atoms with Crippen LogP contribution < -0.4 is 0 Å². The van der Waals surface area contributed by atoms with Crippen LogP contribution in [-0.2, 0) is 0 Å². The summed E-state index contributed by atoms with van der Waals surface area (Å²) in [6, 6.07) is 171. The molecule has 0 fully saturated rings. The normalized spacial score (nSPS) is 11.9. The number of fused-ring (bicyclic) bond motifs is 33. The van der Waals surface area contributed by atoms with Crippen LogP contribution in [0.1, 0.15) is 0 Å². The molecule has 0 aliphatic carbocycles. The molecule has 0 aliphatic heterocycles. The first-order valence-corrected chi connectivity index (χ1v) is 50.4. The third-order valence-corrected chi connectivity index (χ3v) is 29.6. The standard InChI is InChI=1S/C51H30N4O.C43H26N4O.C42H25N3O/c1-3-14-32(15-4-1)49-52-50(33-16-5-2-6-17-33)54-51(53-49)34-18-13-19-35(30-34)55-42-29-27-31-26-28-41-38-22-11-12-25-43(38)56-48(41)44(31)46(42)45-39-23-9-7-20-36(39)37-21-8-10-24-40(37)47(45)55;1-3-13-28(14-4-1)41-44-42(29-15-5-2-6-16-29)46-43(45-41)33-19-8-11-21-35(33)47-34-20-10-7-18-32(34)39-36(47)26-24-27-23-25-31-30-17-9-12-22-37(30)48-40(31)38(27)39;1-2-12-27(13-3-1)40-30-15-4-8-18-33(30)43-42(44-40)32-17-6-10-20-35(32)45-34-19-9-5-16-31(34)39-36(45)25-23-26-22-24-29-28-14-7-11-21-37(28)46-41(29)38(26)39/h1-30H;1-26H;1-25H. The second-order valence-corrected chi connectivity index (χ2v) is 38.1. The Morgan fingerprint density at radius 1 is 0.167 bits per heavy atom. The van der Waals surface area contributed by atoms with Crippen molar-refractivity contribution in [3.63, 3.8) is 0 Å². The molecule has 0 atom stereocenters. The van der Waals surface area contributed by atoms with Crippen LogP contribution in [0.3, 0.4) is 0 Å². The number of rotatable bonds is 11. The smallest absolute Gasteiger partial charge is 0.166 e. The highest BCUT2D eigenvalue weighted by atomic mass is 16.3. The molecule has 150 heavy (non-hydrogen) atoms. The minimum Gasteiger partial charge on any atom is -0.455 e. The third-order valence-electron chi connectivity index (χ3n) is 29.6. The molecule has 698 valence electrons. The average Bonchev–Trinajstić information content (AvgIpc) is 1.56. The highest BCUT2D eigenvalue weighted by molar-refractivity contribution is 6.39. The highest BCUT2D eigenvalue weighted by Gasteiger charge is 2.30. The molecule has 32 aromatic rings. The lowest BCUT2D eigenvalue weighted by Crippen LogP contribution is -2.03. The van der Waals surface area contributed by atoms with E-state index in [9.17, 15) is 0 Å². The fourth-order valence-electron chi connectivity index (χ4n) is 23.0. The van der Waals surface area contributed by atoms with Crippen LogP contribution in [-0.4, -0.2) is 53.6 Å². The molecule has 0 radical (unpaired) electrons. The molecule has 14 heteroatoms. The molecule has 9 aromatic heterocycles. The first-order chi connectivity index (χ1) is 74.4. The lowest BCUT2D eigenvalue weighted by atomic mass is 9.94. The molecular formula is C136H81N11O3. The van der Waals surface area contributed by atoms with Gasteiger partial charge in [0, 0.05) is 142 Å². The zero-order chi connectivity index (χ0) is 98.5. The van der Waals surface area contributed by atoms with Crippen LogP contribution in [0, 0.1) is 0 Å². The van der Waals surface area contributed by atoms with E-state index in [0.717, 1.165) is 220 Å². The lowest BCUT2D eigenvalue weighted by Gasteiger charge is -2.15. The van der Waals surface area contributed by atoms with Gasteiger partial charge in [0.2, 0.25) is 0 Å². The van der Waals surface area contributed by atoms with Crippen LogP contribution in [0.5, 0.6) is 0 Å². The van der Waals surface area contributed by atoms with Crippen molar-refractivity contribution in [3.8, 4) is 108 Å². The number of hydrogen-bond acceptors (Lipinski definition) is 11. The summed E-state index contributed by atoms with van der Waals surface area (Å²) in [7, 11) is 0. The van der Waals surface area contributed by atoms with Crippen LogP contribution in [0.4, 0.5) is 0 Å². The number of benzene rings is 23. The monoisotopic (exact) mass is 1920 g/mol. The molecule has 0 aliphatic rings. The lowest BCUT2D eigenvalue weighted by molar-refractivity contribution is 0.672. The molecule has 23 aromatic carbocycles. The maximum atomic E-state index is 6.78. The van der Waals surface area contributed by atoms with Gasteiger partial charge in [0.15, 0.2) is 40.8 Å². The molecule has 9 heterocycles. The molecule has 0 unspecified atom stereocenters. The van der Waals surface area contributed by atoms with E-state index in [1.54, 1.807) is 0 Å². The summed E-state index contributed by atoms with van der Waals surface area (Å²) in [5, 5.41) is 26.5. The number of nitrogens with zero attached hydrogens (tertiary/aromatic N) is 11. The van der Waals surface area contributed by atoms with Gasteiger partial charge in [-0.2, -0.15) is 0 Å². The van der Waals surface area contributed by atoms with Gasteiger partial charge in [-0.1, -0.05) is 382 Å². The van der Waals surface area contributed by atoms with Crippen LogP contribution in [0.15, 0.2) is 505 Å². The van der Waals surface area contributed by atoms with Crippen molar-refractivity contribution in [2.45, 2.75) is 0 Å². The van der Waals surface area contributed by atoms with Crippen molar-refractivity contribution in [1.29, 1.82) is 0 Å². The Kier molecular flexibility index (Phi) is 19.7. The zero-order valence-electron chi connectivity index (χ0n) is 80.4. The van der Waals surface area contributed by atoms with Gasteiger partial charge >= 0.3 is 0 Å². The minimum atomic E-state index is 0.615. The quantitative estimate of drug-likeness (QED) is 0.114. The van der Waals surface area contributed by atoms with Crippen molar-refractivity contribution < 1.29 is 13.3 Å². The Morgan fingerprint density at radius 2 is 0.487 bits per heavy atom. The number of furan rings is 3. The Morgan fingerprint density at radius 3 is 0.940 bits per heavy atom. The van der Waals surface area contributed by atoms with E-state index in [-0.39, 0.29) is 0 Å². The van der Waals surface area contributed by atoms with Crippen molar-refractivity contribution in [1.82, 2.24) is 53.6 Å². The summed E-state index contributed by atoms with van der Waals surface area (Å²) in [5.41, 5.74) is 24.6. The molecular weight excluding hydrogens is 1840 g/mol. The molecule has 0 amide bonds.